The summed E-state index contributed by atoms with van der Waals surface area (Å²) in [5.74, 6) is 7.55. The lowest BCUT2D eigenvalue weighted by molar-refractivity contribution is 0.304. The molecule has 156 valence electrons. The third-order valence-corrected chi connectivity index (χ3v) is 6.65. The standard InChI is InChI=1S/C29H28FN/c1-2-3-5-21-8-13-23(14-9-21)24-15-10-22(11-16-24)12-17-25-6-4-7-28-27(25)19-18-26(20-31)29(28)30/h4,6-7,10-11,15-16,18-19,21,23H,2-3,5,8-9,13-14H2,1H3. The maximum absolute atomic E-state index is 14.4. The van der Waals surface area contributed by atoms with Crippen LogP contribution in [0.5, 0.6) is 0 Å². The SMILES string of the molecule is CCCCC1CCC(c2ccc(C#Cc3cccc4c(F)c(C#N)ccc34)cc2)CC1. The third-order valence-electron chi connectivity index (χ3n) is 6.65. The molecule has 3 aromatic rings. The molecule has 0 heterocycles. The highest BCUT2D eigenvalue weighted by atomic mass is 19.1. The zero-order valence-electron chi connectivity index (χ0n) is 18.1. The van der Waals surface area contributed by atoms with E-state index in [0.29, 0.717) is 11.3 Å². The number of nitriles is 1. The van der Waals surface area contributed by atoms with Gasteiger partial charge < -0.3 is 0 Å². The lowest BCUT2D eigenvalue weighted by atomic mass is 9.77. The first-order valence-electron chi connectivity index (χ1n) is 11.4. The van der Waals surface area contributed by atoms with Gasteiger partial charge in [-0.15, -0.1) is 0 Å². The minimum atomic E-state index is -0.475. The quantitative estimate of drug-likeness (QED) is 0.405. The average molecular weight is 410 g/mol. The van der Waals surface area contributed by atoms with Gasteiger partial charge in [0.25, 0.3) is 0 Å². The van der Waals surface area contributed by atoms with Crippen LogP contribution in [0, 0.1) is 34.9 Å². The highest BCUT2D eigenvalue weighted by Crippen LogP contribution is 2.37. The Labute approximate surface area is 184 Å². The van der Waals surface area contributed by atoms with Crippen molar-refractivity contribution in [2.45, 2.75) is 57.8 Å². The van der Waals surface area contributed by atoms with Crippen molar-refractivity contribution in [3.8, 4) is 17.9 Å². The number of rotatable bonds is 4. The minimum absolute atomic E-state index is 0.0626. The second-order valence-electron chi connectivity index (χ2n) is 8.67. The lowest BCUT2D eigenvalue weighted by Crippen LogP contribution is -2.13. The Morgan fingerprint density at radius 3 is 2.35 bits per heavy atom. The summed E-state index contributed by atoms with van der Waals surface area (Å²) in [6.45, 7) is 2.28. The summed E-state index contributed by atoms with van der Waals surface area (Å²) in [4.78, 5) is 0. The molecular weight excluding hydrogens is 381 g/mol. The van der Waals surface area contributed by atoms with Crippen molar-refractivity contribution >= 4 is 10.8 Å². The summed E-state index contributed by atoms with van der Waals surface area (Å²) in [5.41, 5.74) is 3.23. The summed E-state index contributed by atoms with van der Waals surface area (Å²) in [5, 5.41) is 10.2. The van der Waals surface area contributed by atoms with Gasteiger partial charge >= 0.3 is 0 Å². The van der Waals surface area contributed by atoms with Crippen molar-refractivity contribution in [3.05, 3.63) is 82.7 Å². The lowest BCUT2D eigenvalue weighted by Gasteiger charge is -2.28. The molecule has 31 heavy (non-hydrogen) atoms. The van der Waals surface area contributed by atoms with Crippen molar-refractivity contribution < 1.29 is 4.39 Å². The first kappa shape index (κ1) is 21.1. The molecule has 0 radical (unpaired) electrons. The molecule has 0 N–H and O–H groups in total. The Kier molecular flexibility index (Phi) is 6.69. The number of unbranched alkanes of at least 4 members (excludes halogenated alkanes) is 1. The van der Waals surface area contributed by atoms with E-state index in [0.717, 1.165) is 22.4 Å². The number of hydrogen-bond donors (Lipinski definition) is 0. The summed E-state index contributed by atoms with van der Waals surface area (Å²) < 4.78 is 14.4. The predicted molar refractivity (Wildman–Crippen MR) is 125 cm³/mol. The van der Waals surface area contributed by atoms with E-state index < -0.39 is 5.82 Å². The molecule has 1 saturated carbocycles. The van der Waals surface area contributed by atoms with Crippen molar-refractivity contribution in [2.75, 3.05) is 0 Å². The van der Waals surface area contributed by atoms with E-state index in [1.54, 1.807) is 18.2 Å². The Bertz CT molecular complexity index is 1150. The van der Waals surface area contributed by atoms with Gasteiger partial charge in [0.2, 0.25) is 0 Å². The highest BCUT2D eigenvalue weighted by molar-refractivity contribution is 5.90. The van der Waals surface area contributed by atoms with Crippen molar-refractivity contribution in [1.82, 2.24) is 0 Å². The topological polar surface area (TPSA) is 23.8 Å². The number of benzene rings is 3. The average Bonchev–Trinajstić information content (AvgIpc) is 2.82. The molecule has 1 fully saturated rings. The smallest absolute Gasteiger partial charge is 0.148 e. The Hall–Kier alpha value is -3.10. The Morgan fingerprint density at radius 2 is 1.65 bits per heavy atom. The van der Waals surface area contributed by atoms with Gasteiger partial charge in [-0.05, 0) is 67.3 Å². The van der Waals surface area contributed by atoms with Crippen LogP contribution < -0.4 is 0 Å². The molecule has 1 aliphatic rings. The van der Waals surface area contributed by atoms with E-state index >= 15 is 0 Å². The Morgan fingerprint density at radius 1 is 0.871 bits per heavy atom. The van der Waals surface area contributed by atoms with Crippen LogP contribution in [0.4, 0.5) is 4.39 Å². The van der Waals surface area contributed by atoms with E-state index in [-0.39, 0.29) is 5.56 Å². The fraction of sp³-hybridized carbons (Fsp3) is 0.345. The van der Waals surface area contributed by atoms with E-state index in [4.69, 9.17) is 5.26 Å². The van der Waals surface area contributed by atoms with Crippen molar-refractivity contribution in [2.24, 2.45) is 5.92 Å². The maximum atomic E-state index is 14.4. The van der Waals surface area contributed by atoms with Crippen LogP contribution in [0.25, 0.3) is 10.8 Å². The summed E-state index contributed by atoms with van der Waals surface area (Å²) >= 11 is 0. The van der Waals surface area contributed by atoms with Gasteiger partial charge in [0.05, 0.1) is 5.56 Å². The fourth-order valence-electron chi connectivity index (χ4n) is 4.77. The van der Waals surface area contributed by atoms with E-state index in [2.05, 4.69) is 43.0 Å². The van der Waals surface area contributed by atoms with E-state index in [9.17, 15) is 4.39 Å². The number of fused-ring (bicyclic) bond motifs is 1. The minimum Gasteiger partial charge on any atom is -0.205 e. The second-order valence-corrected chi connectivity index (χ2v) is 8.67. The van der Waals surface area contributed by atoms with Crippen LogP contribution in [-0.4, -0.2) is 0 Å². The molecular formula is C29H28FN. The monoisotopic (exact) mass is 409 g/mol. The molecule has 4 rings (SSSR count). The van der Waals surface area contributed by atoms with Gasteiger partial charge in [0.15, 0.2) is 0 Å². The van der Waals surface area contributed by atoms with Crippen LogP contribution in [0.1, 0.15) is 80.0 Å². The predicted octanol–water partition coefficient (Wildman–Crippen LogP) is 7.71. The molecule has 0 bridgehead atoms. The molecule has 0 aliphatic heterocycles. The molecule has 2 heteroatoms. The molecule has 0 spiro atoms. The van der Waals surface area contributed by atoms with Gasteiger partial charge in [0.1, 0.15) is 11.9 Å². The highest BCUT2D eigenvalue weighted by Gasteiger charge is 2.21. The molecule has 1 aliphatic carbocycles. The van der Waals surface area contributed by atoms with Crippen molar-refractivity contribution in [1.29, 1.82) is 5.26 Å². The molecule has 0 unspecified atom stereocenters. The molecule has 0 saturated heterocycles. The van der Waals surface area contributed by atoms with Crippen LogP contribution in [-0.2, 0) is 0 Å². The molecule has 0 aromatic heterocycles. The van der Waals surface area contributed by atoms with Crippen LogP contribution in [0.15, 0.2) is 54.6 Å². The van der Waals surface area contributed by atoms with Gasteiger partial charge in [-0.2, -0.15) is 5.26 Å². The zero-order chi connectivity index (χ0) is 21.6. The molecule has 0 atom stereocenters. The largest absolute Gasteiger partial charge is 0.205 e. The molecule has 1 nitrogen and oxygen atoms in total. The first-order valence-corrected chi connectivity index (χ1v) is 11.4. The molecule has 3 aromatic carbocycles. The normalized spacial score (nSPS) is 18.2. The van der Waals surface area contributed by atoms with Crippen LogP contribution >= 0.6 is 0 Å². The number of nitrogens with zero attached hydrogens (tertiary/aromatic N) is 1. The van der Waals surface area contributed by atoms with E-state index in [1.807, 2.05) is 12.1 Å². The first-order chi connectivity index (χ1) is 15.2. The second kappa shape index (κ2) is 9.80. The number of hydrogen-bond acceptors (Lipinski definition) is 1. The summed E-state index contributed by atoms with van der Waals surface area (Å²) in [7, 11) is 0. The van der Waals surface area contributed by atoms with Crippen LogP contribution in [0.3, 0.4) is 0 Å². The van der Waals surface area contributed by atoms with Crippen LogP contribution in [0.2, 0.25) is 0 Å². The maximum Gasteiger partial charge on any atom is 0.148 e. The Balaban J connectivity index is 1.48. The van der Waals surface area contributed by atoms with E-state index in [1.165, 1.54) is 56.6 Å². The third kappa shape index (κ3) is 4.81. The van der Waals surface area contributed by atoms with Gasteiger partial charge in [-0.3, -0.25) is 0 Å². The van der Waals surface area contributed by atoms with Gasteiger partial charge in [-0.1, -0.05) is 68.4 Å². The fourth-order valence-corrected chi connectivity index (χ4v) is 4.77. The van der Waals surface area contributed by atoms with Gasteiger partial charge in [0, 0.05) is 21.9 Å². The van der Waals surface area contributed by atoms with Gasteiger partial charge in [-0.25, -0.2) is 4.39 Å². The zero-order valence-corrected chi connectivity index (χ0v) is 18.1. The summed E-state index contributed by atoms with van der Waals surface area (Å²) in [6, 6.07) is 19.2. The summed E-state index contributed by atoms with van der Waals surface area (Å²) in [6.07, 6.45) is 9.38. The van der Waals surface area contributed by atoms with Crippen molar-refractivity contribution in [3.63, 3.8) is 0 Å². The number of halogens is 1. The molecule has 0 amide bonds.